The Hall–Kier alpha value is -3.43. The first-order chi connectivity index (χ1) is 18.0. The molecule has 0 radical (unpaired) electrons. The molecule has 0 fully saturated rings. The number of carbonyl (C=O) groups excluding carboxylic acids is 2. The van der Waals surface area contributed by atoms with Crippen molar-refractivity contribution >= 4 is 23.2 Å². The van der Waals surface area contributed by atoms with Gasteiger partial charge in [-0.25, -0.2) is 4.39 Å². The maximum absolute atomic E-state index is 14.2. The fraction of sp³-hybridized carbons (Fsp3) is 0.357. The van der Waals surface area contributed by atoms with Crippen LogP contribution in [0.1, 0.15) is 33.3 Å². The summed E-state index contributed by atoms with van der Waals surface area (Å²) in [6.07, 6.45) is 1.32. The molecule has 9 heteroatoms. The van der Waals surface area contributed by atoms with E-state index in [1.54, 1.807) is 77.8 Å². The number of benzene rings is 2. The number of nitrogens with zero attached hydrogens (tertiary/aromatic N) is 2. The lowest BCUT2D eigenvalue weighted by Gasteiger charge is -2.37. The Labute approximate surface area is 220 Å². The van der Waals surface area contributed by atoms with Gasteiger partial charge in [-0.05, 0) is 66.2 Å². The van der Waals surface area contributed by atoms with Crippen LogP contribution in [0.3, 0.4) is 0 Å². The van der Waals surface area contributed by atoms with Crippen LogP contribution in [0, 0.1) is 5.82 Å². The SMILES string of the molecule is COCCCN(CC(=O)N1CCc2sccc2C1COc1ccccc1F)C(=O)c1ccc(OC)cc1. The number of methoxy groups -OCH3 is 2. The van der Waals surface area contributed by atoms with E-state index in [4.69, 9.17) is 14.2 Å². The zero-order valence-electron chi connectivity index (χ0n) is 21.0. The topological polar surface area (TPSA) is 68.3 Å². The van der Waals surface area contributed by atoms with Gasteiger partial charge in [0.1, 0.15) is 18.9 Å². The van der Waals surface area contributed by atoms with Gasteiger partial charge in [0.15, 0.2) is 11.6 Å². The second kappa shape index (κ2) is 12.7. The molecular formula is C28H31FN2O5S. The van der Waals surface area contributed by atoms with Crippen molar-refractivity contribution in [1.29, 1.82) is 0 Å². The van der Waals surface area contributed by atoms with Crippen molar-refractivity contribution in [1.82, 2.24) is 9.80 Å². The monoisotopic (exact) mass is 526 g/mol. The Morgan fingerprint density at radius 3 is 2.62 bits per heavy atom. The lowest BCUT2D eigenvalue weighted by molar-refractivity contribution is -0.135. The quantitative estimate of drug-likeness (QED) is 0.342. The molecule has 196 valence electrons. The molecule has 1 unspecified atom stereocenters. The van der Waals surface area contributed by atoms with E-state index in [9.17, 15) is 14.0 Å². The van der Waals surface area contributed by atoms with Crippen LogP contribution in [0.2, 0.25) is 0 Å². The van der Waals surface area contributed by atoms with Crippen molar-refractivity contribution in [2.45, 2.75) is 18.9 Å². The highest BCUT2D eigenvalue weighted by molar-refractivity contribution is 7.10. The second-order valence-electron chi connectivity index (χ2n) is 8.70. The highest BCUT2D eigenvalue weighted by Gasteiger charge is 2.33. The number of ether oxygens (including phenoxy) is 3. The summed E-state index contributed by atoms with van der Waals surface area (Å²) in [4.78, 5) is 31.5. The molecule has 0 N–H and O–H groups in total. The van der Waals surface area contributed by atoms with Gasteiger partial charge in [0.05, 0.1) is 13.2 Å². The summed E-state index contributed by atoms with van der Waals surface area (Å²) in [5.41, 5.74) is 1.48. The summed E-state index contributed by atoms with van der Waals surface area (Å²) in [6.45, 7) is 1.39. The molecule has 3 aromatic rings. The third-order valence-electron chi connectivity index (χ3n) is 6.38. The van der Waals surface area contributed by atoms with Crippen LogP contribution in [0.4, 0.5) is 4.39 Å². The minimum atomic E-state index is -0.448. The third kappa shape index (κ3) is 6.47. The summed E-state index contributed by atoms with van der Waals surface area (Å²) in [5, 5.41) is 2.00. The molecule has 0 aliphatic carbocycles. The summed E-state index contributed by atoms with van der Waals surface area (Å²) in [7, 11) is 3.17. The summed E-state index contributed by atoms with van der Waals surface area (Å²) < 4.78 is 30.4. The fourth-order valence-electron chi connectivity index (χ4n) is 4.43. The van der Waals surface area contributed by atoms with E-state index in [2.05, 4.69) is 0 Å². The van der Waals surface area contributed by atoms with Crippen molar-refractivity contribution in [3.8, 4) is 11.5 Å². The maximum atomic E-state index is 14.2. The van der Waals surface area contributed by atoms with Crippen LogP contribution in [0.5, 0.6) is 11.5 Å². The predicted octanol–water partition coefficient (Wildman–Crippen LogP) is 4.58. The number of halogens is 1. The van der Waals surface area contributed by atoms with Gasteiger partial charge in [-0.15, -0.1) is 11.3 Å². The first-order valence-corrected chi connectivity index (χ1v) is 13.0. The minimum absolute atomic E-state index is 0.0791. The molecule has 1 aromatic heterocycles. The number of hydrogen-bond donors (Lipinski definition) is 0. The van der Waals surface area contributed by atoms with Gasteiger partial charge in [0.2, 0.25) is 5.91 Å². The van der Waals surface area contributed by atoms with E-state index in [1.807, 2.05) is 11.4 Å². The summed E-state index contributed by atoms with van der Waals surface area (Å²) in [5.74, 6) is -0.0712. The zero-order chi connectivity index (χ0) is 26.2. The Kier molecular flexibility index (Phi) is 9.14. The smallest absolute Gasteiger partial charge is 0.254 e. The molecule has 0 saturated heterocycles. The Bertz CT molecular complexity index is 1200. The number of carbonyl (C=O) groups is 2. The van der Waals surface area contributed by atoms with Crippen molar-refractivity contribution in [3.05, 3.63) is 81.8 Å². The number of thiophene rings is 1. The van der Waals surface area contributed by atoms with E-state index in [0.717, 1.165) is 12.0 Å². The Morgan fingerprint density at radius 2 is 1.89 bits per heavy atom. The van der Waals surface area contributed by atoms with Gasteiger partial charge in [0.25, 0.3) is 5.91 Å². The summed E-state index contributed by atoms with van der Waals surface area (Å²) in [6, 6.07) is 14.7. The number of rotatable bonds is 11. The van der Waals surface area contributed by atoms with Gasteiger partial charge in [0, 0.05) is 37.2 Å². The van der Waals surface area contributed by atoms with Gasteiger partial charge < -0.3 is 24.0 Å². The van der Waals surface area contributed by atoms with Gasteiger partial charge in [-0.3, -0.25) is 9.59 Å². The van der Waals surface area contributed by atoms with Crippen LogP contribution in [-0.2, 0) is 16.0 Å². The van der Waals surface area contributed by atoms with E-state index in [0.29, 0.717) is 37.4 Å². The molecule has 2 amide bonds. The number of para-hydroxylation sites is 1. The van der Waals surface area contributed by atoms with Gasteiger partial charge in [-0.2, -0.15) is 0 Å². The van der Waals surface area contributed by atoms with Crippen LogP contribution in [-0.4, -0.2) is 68.7 Å². The molecule has 0 saturated carbocycles. The minimum Gasteiger partial charge on any atom is -0.497 e. The van der Waals surface area contributed by atoms with Crippen molar-refractivity contribution in [2.24, 2.45) is 0 Å². The highest BCUT2D eigenvalue weighted by Crippen LogP contribution is 2.34. The average molecular weight is 527 g/mol. The summed E-state index contributed by atoms with van der Waals surface area (Å²) >= 11 is 1.64. The second-order valence-corrected chi connectivity index (χ2v) is 9.70. The first-order valence-electron chi connectivity index (χ1n) is 12.2. The predicted molar refractivity (Wildman–Crippen MR) is 140 cm³/mol. The maximum Gasteiger partial charge on any atom is 0.254 e. The lowest BCUT2D eigenvalue weighted by Crippen LogP contribution is -2.48. The lowest BCUT2D eigenvalue weighted by atomic mass is 10.0. The molecule has 37 heavy (non-hydrogen) atoms. The average Bonchev–Trinajstić information content (AvgIpc) is 3.41. The largest absolute Gasteiger partial charge is 0.497 e. The molecule has 2 heterocycles. The molecule has 1 atom stereocenters. The van der Waals surface area contributed by atoms with E-state index >= 15 is 0 Å². The Morgan fingerprint density at radius 1 is 1.11 bits per heavy atom. The number of amides is 2. The molecule has 1 aliphatic heterocycles. The normalized spacial score (nSPS) is 14.7. The molecule has 7 nitrogen and oxygen atoms in total. The first kappa shape index (κ1) is 26.6. The van der Waals surface area contributed by atoms with E-state index in [-0.39, 0.29) is 36.8 Å². The van der Waals surface area contributed by atoms with Crippen LogP contribution >= 0.6 is 11.3 Å². The number of hydrogen-bond acceptors (Lipinski definition) is 6. The van der Waals surface area contributed by atoms with E-state index in [1.165, 1.54) is 10.9 Å². The van der Waals surface area contributed by atoms with Crippen molar-refractivity contribution in [3.63, 3.8) is 0 Å². The molecular weight excluding hydrogens is 495 g/mol. The molecule has 1 aliphatic rings. The standard InChI is InChI=1S/C28H31FN2O5S/c1-34-16-5-14-30(28(33)20-8-10-21(35-2)11-9-20)18-27(32)31-15-12-26-22(13-17-37-26)24(31)19-36-25-7-4-3-6-23(25)29/h3-4,6-11,13,17,24H,5,12,14-16,18-19H2,1-2H3. The van der Waals surface area contributed by atoms with E-state index < -0.39 is 5.82 Å². The number of fused-ring (bicyclic) bond motifs is 1. The fourth-order valence-corrected chi connectivity index (χ4v) is 5.36. The molecule has 0 spiro atoms. The molecule has 2 aromatic carbocycles. The third-order valence-corrected chi connectivity index (χ3v) is 7.37. The van der Waals surface area contributed by atoms with Crippen molar-refractivity contribution in [2.75, 3.05) is 47.1 Å². The molecule has 4 rings (SSSR count). The zero-order valence-corrected chi connectivity index (χ0v) is 21.8. The van der Waals surface area contributed by atoms with Gasteiger partial charge in [-0.1, -0.05) is 12.1 Å². The van der Waals surface area contributed by atoms with Crippen LogP contribution in [0.25, 0.3) is 0 Å². The van der Waals surface area contributed by atoms with Crippen LogP contribution < -0.4 is 9.47 Å². The molecule has 0 bridgehead atoms. The highest BCUT2D eigenvalue weighted by atomic mass is 32.1. The van der Waals surface area contributed by atoms with Crippen LogP contribution in [0.15, 0.2) is 60.0 Å². The van der Waals surface area contributed by atoms with Crippen molar-refractivity contribution < 1.29 is 28.2 Å². The Balaban J connectivity index is 1.52. The van der Waals surface area contributed by atoms with Gasteiger partial charge >= 0.3 is 0 Å².